The van der Waals surface area contributed by atoms with Gasteiger partial charge in [-0.25, -0.2) is 0 Å². The van der Waals surface area contributed by atoms with E-state index in [2.05, 4.69) is 0 Å². The van der Waals surface area contributed by atoms with Crippen LogP contribution in [0.1, 0.15) is 11.1 Å². The standard InChI is InChI=1S/C23H14Cl3NO2S2/c24-15-9-10-20(29-13-17-18(25)7-4-8-19(17)26)14(11-15)12-21-22(28)27(23(30)31-21)16-5-2-1-3-6-16/h1-12H,13H2. The van der Waals surface area contributed by atoms with E-state index in [1.807, 2.05) is 30.3 Å². The summed E-state index contributed by atoms with van der Waals surface area (Å²) in [7, 11) is 0. The van der Waals surface area contributed by atoms with Crippen LogP contribution in [-0.2, 0) is 11.4 Å². The molecule has 3 nitrogen and oxygen atoms in total. The predicted molar refractivity (Wildman–Crippen MR) is 134 cm³/mol. The molecule has 1 amide bonds. The molecule has 0 aliphatic carbocycles. The van der Waals surface area contributed by atoms with E-state index in [1.165, 1.54) is 16.7 Å². The highest BCUT2D eigenvalue weighted by Crippen LogP contribution is 2.38. The summed E-state index contributed by atoms with van der Waals surface area (Å²) in [4.78, 5) is 15.0. The average molecular weight is 507 g/mol. The number of ether oxygens (including phenoxy) is 1. The smallest absolute Gasteiger partial charge is 0.270 e. The number of halogens is 3. The number of rotatable bonds is 5. The molecule has 0 saturated carbocycles. The monoisotopic (exact) mass is 505 g/mol. The summed E-state index contributed by atoms with van der Waals surface area (Å²) in [5.74, 6) is 0.353. The summed E-state index contributed by atoms with van der Waals surface area (Å²) >= 11 is 25.4. The van der Waals surface area contributed by atoms with Crippen molar-refractivity contribution in [1.82, 2.24) is 0 Å². The Morgan fingerprint density at radius 2 is 1.68 bits per heavy atom. The van der Waals surface area contributed by atoms with Crippen molar-refractivity contribution in [3.05, 3.63) is 97.8 Å². The third kappa shape index (κ3) is 4.92. The molecule has 0 N–H and O–H groups in total. The van der Waals surface area contributed by atoms with Crippen LogP contribution in [-0.4, -0.2) is 10.2 Å². The van der Waals surface area contributed by atoms with Crippen molar-refractivity contribution in [3.63, 3.8) is 0 Å². The SMILES string of the molecule is O=C1C(=Cc2cc(Cl)ccc2OCc2c(Cl)cccc2Cl)SC(=S)N1c1ccccc1. The second-order valence-electron chi connectivity index (χ2n) is 6.52. The van der Waals surface area contributed by atoms with Crippen molar-refractivity contribution in [2.45, 2.75) is 6.61 Å². The van der Waals surface area contributed by atoms with Gasteiger partial charge in [0.15, 0.2) is 4.32 Å². The topological polar surface area (TPSA) is 29.5 Å². The number of nitrogens with zero attached hydrogens (tertiary/aromatic N) is 1. The number of hydrogen-bond acceptors (Lipinski definition) is 4. The first-order chi connectivity index (χ1) is 14.9. The third-order valence-corrected chi connectivity index (χ3v) is 6.75. The number of thioether (sulfide) groups is 1. The molecule has 1 fully saturated rings. The fourth-order valence-corrected chi connectivity index (χ4v) is 4.97. The Balaban J connectivity index is 1.63. The van der Waals surface area contributed by atoms with Crippen molar-refractivity contribution in [3.8, 4) is 5.75 Å². The number of amides is 1. The molecule has 3 aromatic carbocycles. The molecule has 31 heavy (non-hydrogen) atoms. The lowest BCUT2D eigenvalue weighted by Crippen LogP contribution is -2.27. The lowest BCUT2D eigenvalue weighted by atomic mass is 10.1. The zero-order chi connectivity index (χ0) is 22.0. The molecule has 0 spiro atoms. The number of benzene rings is 3. The Labute approximate surface area is 204 Å². The number of carbonyl (C=O) groups is 1. The first kappa shape index (κ1) is 22.2. The minimum absolute atomic E-state index is 0.173. The lowest BCUT2D eigenvalue weighted by Gasteiger charge is -2.14. The molecule has 156 valence electrons. The largest absolute Gasteiger partial charge is 0.488 e. The predicted octanol–water partition coefficient (Wildman–Crippen LogP) is 7.63. The quantitative estimate of drug-likeness (QED) is 0.263. The van der Waals surface area contributed by atoms with Crippen LogP contribution in [0.2, 0.25) is 15.1 Å². The second kappa shape index (κ2) is 9.63. The van der Waals surface area contributed by atoms with E-state index < -0.39 is 0 Å². The van der Waals surface area contributed by atoms with Crippen LogP contribution in [0.4, 0.5) is 5.69 Å². The number of para-hydroxylation sites is 1. The van der Waals surface area contributed by atoms with Gasteiger partial charge in [-0.2, -0.15) is 0 Å². The van der Waals surface area contributed by atoms with E-state index in [0.717, 1.165) is 5.69 Å². The van der Waals surface area contributed by atoms with Gasteiger partial charge in [-0.15, -0.1) is 0 Å². The lowest BCUT2D eigenvalue weighted by molar-refractivity contribution is -0.113. The van der Waals surface area contributed by atoms with Crippen LogP contribution in [0.5, 0.6) is 5.75 Å². The molecular formula is C23H14Cl3NO2S2. The minimum atomic E-state index is -0.193. The van der Waals surface area contributed by atoms with Crippen LogP contribution < -0.4 is 9.64 Å². The third-order valence-electron chi connectivity index (χ3n) is 4.50. The van der Waals surface area contributed by atoms with E-state index in [-0.39, 0.29) is 12.5 Å². The molecule has 4 rings (SSSR count). The summed E-state index contributed by atoms with van der Waals surface area (Å²) in [6, 6.07) is 19.8. The summed E-state index contributed by atoms with van der Waals surface area (Å²) in [5, 5.41) is 1.56. The second-order valence-corrected chi connectivity index (χ2v) is 9.45. The molecule has 8 heteroatoms. The highest BCUT2D eigenvalue weighted by Gasteiger charge is 2.33. The van der Waals surface area contributed by atoms with Crippen LogP contribution in [0.25, 0.3) is 6.08 Å². The molecule has 0 aromatic heterocycles. The van der Waals surface area contributed by atoms with Crippen LogP contribution >= 0.6 is 58.8 Å². The minimum Gasteiger partial charge on any atom is -0.488 e. The van der Waals surface area contributed by atoms with Gasteiger partial charge in [0.25, 0.3) is 5.91 Å². The first-order valence-electron chi connectivity index (χ1n) is 9.12. The average Bonchev–Trinajstić information content (AvgIpc) is 3.02. The summed E-state index contributed by atoms with van der Waals surface area (Å²) in [6.07, 6.45) is 1.73. The number of carbonyl (C=O) groups excluding carboxylic acids is 1. The van der Waals surface area contributed by atoms with Gasteiger partial charge in [0.1, 0.15) is 12.4 Å². The van der Waals surface area contributed by atoms with Crippen molar-refractivity contribution >= 4 is 80.8 Å². The zero-order valence-corrected chi connectivity index (χ0v) is 19.8. The normalized spacial score (nSPS) is 15.1. The molecular weight excluding hydrogens is 493 g/mol. The molecule has 0 radical (unpaired) electrons. The van der Waals surface area contributed by atoms with Crippen LogP contribution in [0.3, 0.4) is 0 Å². The molecule has 0 atom stereocenters. The van der Waals surface area contributed by atoms with Crippen molar-refractivity contribution < 1.29 is 9.53 Å². The number of thiocarbonyl (C=S) groups is 1. The maximum absolute atomic E-state index is 13.0. The van der Waals surface area contributed by atoms with Gasteiger partial charge >= 0.3 is 0 Å². The Morgan fingerprint density at radius 1 is 0.968 bits per heavy atom. The summed E-state index contributed by atoms with van der Waals surface area (Å²) in [5.41, 5.74) is 2.07. The highest BCUT2D eigenvalue weighted by atomic mass is 35.5. The molecule has 0 bridgehead atoms. The van der Waals surface area contributed by atoms with E-state index >= 15 is 0 Å². The fourth-order valence-electron chi connectivity index (χ4n) is 2.99. The van der Waals surface area contributed by atoms with E-state index in [4.69, 9.17) is 51.8 Å². The van der Waals surface area contributed by atoms with Gasteiger partial charge in [-0.1, -0.05) is 83.0 Å². The Bertz CT molecular complexity index is 1180. The Kier molecular flexibility index (Phi) is 6.89. The Morgan fingerprint density at radius 3 is 2.39 bits per heavy atom. The fraction of sp³-hybridized carbons (Fsp3) is 0.0435. The zero-order valence-electron chi connectivity index (χ0n) is 15.8. The van der Waals surface area contributed by atoms with Gasteiger partial charge in [0, 0.05) is 26.2 Å². The van der Waals surface area contributed by atoms with Gasteiger partial charge in [0.05, 0.1) is 10.6 Å². The molecule has 1 saturated heterocycles. The molecule has 1 aliphatic heterocycles. The van der Waals surface area contributed by atoms with Gasteiger partial charge in [0.2, 0.25) is 0 Å². The number of hydrogen-bond donors (Lipinski definition) is 0. The number of anilines is 1. The van der Waals surface area contributed by atoms with Gasteiger partial charge in [-0.05, 0) is 48.5 Å². The molecule has 1 heterocycles. The summed E-state index contributed by atoms with van der Waals surface area (Å²) < 4.78 is 6.45. The maximum atomic E-state index is 13.0. The molecule has 1 aliphatic rings. The Hall–Kier alpha value is -2.02. The van der Waals surface area contributed by atoms with Gasteiger partial charge in [-0.3, -0.25) is 9.69 Å². The maximum Gasteiger partial charge on any atom is 0.270 e. The van der Waals surface area contributed by atoms with E-state index in [1.54, 1.807) is 42.5 Å². The van der Waals surface area contributed by atoms with Crippen LogP contribution in [0.15, 0.2) is 71.6 Å². The molecule has 3 aromatic rings. The van der Waals surface area contributed by atoms with E-state index in [0.29, 0.717) is 41.2 Å². The summed E-state index contributed by atoms with van der Waals surface area (Å²) in [6.45, 7) is 0.173. The molecule has 0 unspecified atom stereocenters. The highest BCUT2D eigenvalue weighted by molar-refractivity contribution is 8.27. The van der Waals surface area contributed by atoms with Crippen LogP contribution in [0, 0.1) is 0 Å². The van der Waals surface area contributed by atoms with Crippen molar-refractivity contribution in [2.24, 2.45) is 0 Å². The van der Waals surface area contributed by atoms with E-state index in [9.17, 15) is 4.79 Å². The van der Waals surface area contributed by atoms with Crippen molar-refractivity contribution in [1.29, 1.82) is 0 Å². The van der Waals surface area contributed by atoms with Gasteiger partial charge < -0.3 is 4.74 Å². The van der Waals surface area contributed by atoms with Crippen molar-refractivity contribution in [2.75, 3.05) is 4.90 Å². The first-order valence-corrected chi connectivity index (χ1v) is 11.5.